The predicted molar refractivity (Wildman–Crippen MR) is 85.2 cm³/mol. The Morgan fingerprint density at radius 3 is 2.58 bits per heavy atom. The van der Waals surface area contributed by atoms with Crippen LogP contribution >= 0.6 is 0 Å². The van der Waals surface area contributed by atoms with Crippen LogP contribution in [0, 0.1) is 11.3 Å². The normalized spacial score (nSPS) is 11.6. The molecule has 8 heteroatoms. The van der Waals surface area contributed by atoms with Crippen LogP contribution in [-0.4, -0.2) is 28.5 Å². The van der Waals surface area contributed by atoms with Crippen molar-refractivity contribution in [3.63, 3.8) is 0 Å². The molecule has 0 bridgehead atoms. The summed E-state index contributed by atoms with van der Waals surface area (Å²) in [6.07, 6.45) is -0.0333. The number of hydrogen-bond donors (Lipinski definition) is 1. The van der Waals surface area contributed by atoms with Gasteiger partial charge in [0.25, 0.3) is 5.56 Å². The van der Waals surface area contributed by atoms with E-state index in [0.717, 1.165) is 9.13 Å². The van der Waals surface area contributed by atoms with Gasteiger partial charge in [-0.1, -0.05) is 0 Å². The minimum atomic E-state index is -1.20. The number of rotatable bonds is 5. The molecule has 0 unspecified atom stereocenters. The first-order valence-electron chi connectivity index (χ1n) is 7.03. The molecule has 0 spiro atoms. The third-order valence-corrected chi connectivity index (χ3v) is 3.60. The lowest BCUT2D eigenvalue weighted by Gasteiger charge is -2.17. The smallest absolute Gasteiger partial charge is 0.330 e. The number of aryl methyl sites for hydroxylation is 1. The van der Waals surface area contributed by atoms with E-state index in [2.05, 4.69) is 0 Å². The summed E-state index contributed by atoms with van der Waals surface area (Å²) in [6.45, 7) is -0.315. The molecule has 24 heavy (non-hydrogen) atoms. The number of nitrogens with zero attached hydrogens (tertiary/aromatic N) is 3. The highest BCUT2D eigenvalue weighted by molar-refractivity contribution is 5.41. The first kappa shape index (κ1) is 17.3. The second-order valence-electron chi connectivity index (χ2n) is 5.09. The van der Waals surface area contributed by atoms with Crippen molar-refractivity contribution >= 4 is 0 Å². The van der Waals surface area contributed by atoms with Gasteiger partial charge in [-0.05, 0) is 18.2 Å². The van der Waals surface area contributed by atoms with Gasteiger partial charge >= 0.3 is 5.69 Å². The van der Waals surface area contributed by atoms with E-state index in [0.29, 0.717) is 17.1 Å². The van der Waals surface area contributed by atoms with Crippen molar-refractivity contribution in [1.82, 2.24) is 9.13 Å². The molecule has 1 aromatic carbocycles. The maximum absolute atomic E-state index is 12.2. The van der Waals surface area contributed by atoms with Crippen LogP contribution in [0.4, 0.5) is 0 Å². The third kappa shape index (κ3) is 3.16. The monoisotopic (exact) mass is 331 g/mol. The summed E-state index contributed by atoms with van der Waals surface area (Å²) in [5, 5.41) is 19.5. The summed E-state index contributed by atoms with van der Waals surface area (Å²) in [5.74, 6) is 0.889. The Morgan fingerprint density at radius 2 is 2.00 bits per heavy atom. The Bertz CT molecular complexity index is 907. The van der Waals surface area contributed by atoms with E-state index in [1.807, 2.05) is 0 Å². The van der Waals surface area contributed by atoms with Gasteiger partial charge in [0.2, 0.25) is 0 Å². The van der Waals surface area contributed by atoms with Crippen LogP contribution in [0.3, 0.4) is 0 Å². The average Bonchev–Trinajstić information content (AvgIpc) is 2.60. The van der Waals surface area contributed by atoms with Crippen molar-refractivity contribution in [2.75, 3.05) is 14.2 Å². The first-order valence-corrected chi connectivity index (χ1v) is 7.03. The highest BCUT2D eigenvalue weighted by Crippen LogP contribution is 2.29. The molecule has 0 aliphatic rings. The lowest BCUT2D eigenvalue weighted by atomic mass is 10.1. The fraction of sp³-hybridized carbons (Fsp3) is 0.312. The molecule has 2 aromatic rings. The zero-order valence-corrected chi connectivity index (χ0v) is 13.5. The summed E-state index contributed by atoms with van der Waals surface area (Å²) < 4.78 is 12.2. The molecule has 1 N–H and O–H groups in total. The number of hydrogen-bond acceptors (Lipinski definition) is 6. The number of aliphatic hydroxyl groups excluding tert-OH is 1. The van der Waals surface area contributed by atoms with Gasteiger partial charge < -0.3 is 19.1 Å². The lowest BCUT2D eigenvalue weighted by molar-refractivity contribution is 0.148. The quantitative estimate of drug-likeness (QED) is 0.837. The third-order valence-electron chi connectivity index (χ3n) is 3.60. The van der Waals surface area contributed by atoms with Gasteiger partial charge in [0, 0.05) is 18.8 Å². The largest absolute Gasteiger partial charge is 0.497 e. The highest BCUT2D eigenvalue weighted by atomic mass is 16.5. The van der Waals surface area contributed by atoms with E-state index in [1.54, 1.807) is 24.3 Å². The van der Waals surface area contributed by atoms with Crippen molar-refractivity contribution in [1.29, 1.82) is 5.26 Å². The maximum Gasteiger partial charge on any atom is 0.330 e. The van der Waals surface area contributed by atoms with E-state index >= 15 is 0 Å². The molecule has 0 fully saturated rings. The molecule has 1 aromatic heterocycles. The van der Waals surface area contributed by atoms with Crippen molar-refractivity contribution < 1.29 is 14.6 Å². The Labute approximate surface area is 137 Å². The summed E-state index contributed by atoms with van der Waals surface area (Å²) >= 11 is 0. The molecule has 8 nitrogen and oxygen atoms in total. The van der Waals surface area contributed by atoms with Crippen molar-refractivity contribution in [3.05, 3.63) is 56.4 Å². The van der Waals surface area contributed by atoms with Gasteiger partial charge in [-0.2, -0.15) is 5.26 Å². The molecular formula is C16H17N3O5. The van der Waals surface area contributed by atoms with Crippen LogP contribution < -0.4 is 20.7 Å². The Hall–Kier alpha value is -3.05. The van der Waals surface area contributed by atoms with E-state index < -0.39 is 17.4 Å². The second kappa shape index (κ2) is 7.02. The molecule has 126 valence electrons. The fourth-order valence-electron chi connectivity index (χ4n) is 2.34. The standard InChI is InChI=1S/C16H17N3O5/c1-18-8-10(7-17)15(21)19(16(18)22)9-13(20)12-6-11(23-2)4-5-14(12)24-3/h4-6,8,13,20H,9H2,1-3H3/t13-/m1/s1. The highest BCUT2D eigenvalue weighted by Gasteiger charge is 2.19. The molecule has 0 saturated carbocycles. The summed E-state index contributed by atoms with van der Waals surface area (Å²) in [4.78, 5) is 24.3. The van der Waals surface area contributed by atoms with Crippen molar-refractivity contribution in [2.45, 2.75) is 12.6 Å². The van der Waals surface area contributed by atoms with Gasteiger partial charge in [0.15, 0.2) is 0 Å². The zero-order valence-electron chi connectivity index (χ0n) is 13.5. The van der Waals surface area contributed by atoms with E-state index in [1.165, 1.54) is 27.5 Å². The van der Waals surface area contributed by atoms with Gasteiger partial charge in [-0.3, -0.25) is 9.36 Å². The Kier molecular flexibility index (Phi) is 5.06. The van der Waals surface area contributed by atoms with E-state index in [9.17, 15) is 14.7 Å². The minimum Gasteiger partial charge on any atom is -0.497 e. The second-order valence-corrected chi connectivity index (χ2v) is 5.09. The maximum atomic E-state index is 12.2. The van der Waals surface area contributed by atoms with Crippen molar-refractivity contribution in [3.8, 4) is 17.6 Å². The summed E-state index contributed by atoms with van der Waals surface area (Å²) in [7, 11) is 4.35. The van der Waals surface area contributed by atoms with E-state index in [-0.39, 0.29) is 12.1 Å². The summed E-state index contributed by atoms with van der Waals surface area (Å²) in [5.41, 5.74) is -1.18. The van der Waals surface area contributed by atoms with Crippen molar-refractivity contribution in [2.24, 2.45) is 7.05 Å². The molecule has 0 aliphatic heterocycles. The van der Waals surface area contributed by atoms with Crippen LogP contribution in [0.2, 0.25) is 0 Å². The van der Waals surface area contributed by atoms with Gasteiger partial charge in [-0.15, -0.1) is 0 Å². The van der Waals surface area contributed by atoms with Crippen LogP contribution in [0.15, 0.2) is 34.0 Å². The number of methoxy groups -OCH3 is 2. The first-order chi connectivity index (χ1) is 11.4. The molecule has 0 amide bonds. The molecular weight excluding hydrogens is 314 g/mol. The predicted octanol–water partition coefficient (Wildman–Crippen LogP) is 0.169. The average molecular weight is 331 g/mol. The van der Waals surface area contributed by atoms with Crippen LogP contribution in [0.25, 0.3) is 0 Å². The Morgan fingerprint density at radius 1 is 1.29 bits per heavy atom. The lowest BCUT2D eigenvalue weighted by Crippen LogP contribution is -2.41. The number of aromatic nitrogens is 2. The fourth-order valence-corrected chi connectivity index (χ4v) is 2.34. The molecule has 0 aliphatic carbocycles. The SMILES string of the molecule is COc1ccc(OC)c([C@H](O)Cn2c(=O)c(C#N)cn(C)c2=O)c1. The van der Waals surface area contributed by atoms with Gasteiger partial charge in [0.1, 0.15) is 29.2 Å². The van der Waals surface area contributed by atoms with E-state index in [4.69, 9.17) is 14.7 Å². The number of benzene rings is 1. The topological polar surface area (TPSA) is 106 Å². The molecule has 1 atom stereocenters. The molecule has 2 rings (SSSR count). The van der Waals surface area contributed by atoms with Crippen LogP contribution in [0.1, 0.15) is 17.2 Å². The molecule has 0 radical (unpaired) electrons. The Balaban J connectivity index is 2.50. The molecule has 1 heterocycles. The number of nitriles is 1. The van der Waals surface area contributed by atoms with Gasteiger partial charge in [0.05, 0.1) is 20.8 Å². The number of ether oxygens (including phenoxy) is 2. The van der Waals surface area contributed by atoms with Gasteiger partial charge in [-0.25, -0.2) is 4.79 Å². The zero-order chi connectivity index (χ0) is 17.9. The summed E-state index contributed by atoms with van der Waals surface area (Å²) in [6, 6.07) is 6.58. The minimum absolute atomic E-state index is 0.179. The van der Waals surface area contributed by atoms with Crippen LogP contribution in [-0.2, 0) is 13.6 Å². The molecule has 0 saturated heterocycles. The number of aliphatic hydroxyl groups is 1. The van der Waals surface area contributed by atoms with Crippen LogP contribution in [0.5, 0.6) is 11.5 Å².